The Morgan fingerprint density at radius 3 is 2.24 bits per heavy atom. The van der Waals surface area contributed by atoms with Gasteiger partial charge >= 0.3 is 6.18 Å². The first kappa shape index (κ1) is 14.0. The van der Waals surface area contributed by atoms with Gasteiger partial charge in [0, 0.05) is 12.6 Å². The van der Waals surface area contributed by atoms with Crippen molar-refractivity contribution in [3.8, 4) is 0 Å². The Labute approximate surface area is 98.3 Å². The van der Waals surface area contributed by atoms with Gasteiger partial charge in [-0.3, -0.25) is 0 Å². The fourth-order valence-corrected chi connectivity index (χ4v) is 1.71. The first-order chi connectivity index (χ1) is 7.95. The van der Waals surface area contributed by atoms with E-state index in [-0.39, 0.29) is 12.8 Å². The second-order valence-electron chi connectivity index (χ2n) is 4.00. The highest BCUT2D eigenvalue weighted by molar-refractivity contribution is 5.18. The molecule has 5 heteroatoms. The maximum Gasteiger partial charge on any atom is 0.391 e. The second kappa shape index (κ2) is 6.02. The zero-order valence-electron chi connectivity index (χ0n) is 9.32. The predicted octanol–water partition coefficient (Wildman–Crippen LogP) is 2.64. The number of aliphatic hydroxyl groups is 1. The van der Waals surface area contributed by atoms with Crippen LogP contribution in [-0.2, 0) is 0 Å². The van der Waals surface area contributed by atoms with E-state index < -0.39 is 24.7 Å². The van der Waals surface area contributed by atoms with Crippen molar-refractivity contribution in [3.63, 3.8) is 0 Å². The summed E-state index contributed by atoms with van der Waals surface area (Å²) in [5, 5.41) is 8.64. The third kappa shape index (κ3) is 4.36. The highest BCUT2D eigenvalue weighted by Crippen LogP contribution is 2.34. The van der Waals surface area contributed by atoms with Crippen LogP contribution >= 0.6 is 0 Å². The minimum absolute atomic E-state index is 0.200. The molecule has 0 aliphatic carbocycles. The topological polar surface area (TPSA) is 46.2 Å². The molecular weight excluding hydrogens is 231 g/mol. The van der Waals surface area contributed by atoms with Gasteiger partial charge in [0.25, 0.3) is 0 Å². The molecule has 1 aromatic rings. The number of benzene rings is 1. The molecule has 2 atom stereocenters. The van der Waals surface area contributed by atoms with E-state index in [2.05, 4.69) is 0 Å². The van der Waals surface area contributed by atoms with Gasteiger partial charge in [-0.25, -0.2) is 0 Å². The highest BCUT2D eigenvalue weighted by Gasteiger charge is 2.39. The summed E-state index contributed by atoms with van der Waals surface area (Å²) < 4.78 is 37.8. The molecule has 3 N–H and O–H groups in total. The average molecular weight is 247 g/mol. The zero-order chi connectivity index (χ0) is 12.9. The van der Waals surface area contributed by atoms with Crippen LogP contribution in [0.4, 0.5) is 13.2 Å². The van der Waals surface area contributed by atoms with Crippen LogP contribution in [0.3, 0.4) is 0 Å². The Hall–Kier alpha value is -1.07. The number of hydrogen-bond acceptors (Lipinski definition) is 2. The van der Waals surface area contributed by atoms with Gasteiger partial charge < -0.3 is 10.8 Å². The van der Waals surface area contributed by atoms with Gasteiger partial charge in [0.2, 0.25) is 0 Å². The monoisotopic (exact) mass is 247 g/mol. The molecule has 0 aromatic heterocycles. The van der Waals surface area contributed by atoms with Crippen molar-refractivity contribution in [2.45, 2.75) is 25.1 Å². The summed E-state index contributed by atoms with van der Waals surface area (Å²) in [5.74, 6) is -1.55. The number of nitrogens with two attached hydrogens (primary N) is 1. The molecule has 0 unspecified atom stereocenters. The molecule has 0 radical (unpaired) electrons. The molecule has 0 aliphatic heterocycles. The molecule has 0 saturated carbocycles. The van der Waals surface area contributed by atoms with Crippen LogP contribution in [0, 0.1) is 5.92 Å². The number of hydrogen-bond donors (Lipinski definition) is 2. The van der Waals surface area contributed by atoms with E-state index in [1.165, 1.54) is 0 Å². The maximum absolute atomic E-state index is 12.6. The predicted molar refractivity (Wildman–Crippen MR) is 59.2 cm³/mol. The van der Waals surface area contributed by atoms with Crippen LogP contribution in [-0.4, -0.2) is 17.9 Å². The van der Waals surface area contributed by atoms with Crippen molar-refractivity contribution in [1.82, 2.24) is 0 Å². The summed E-state index contributed by atoms with van der Waals surface area (Å²) in [5.41, 5.74) is 6.42. The Bertz CT molecular complexity index is 326. The van der Waals surface area contributed by atoms with Crippen molar-refractivity contribution < 1.29 is 18.3 Å². The van der Waals surface area contributed by atoms with Gasteiger partial charge in [0.1, 0.15) is 0 Å². The van der Waals surface area contributed by atoms with Crippen molar-refractivity contribution in [3.05, 3.63) is 35.9 Å². The Morgan fingerprint density at radius 2 is 1.76 bits per heavy atom. The summed E-state index contributed by atoms with van der Waals surface area (Å²) >= 11 is 0. The Balaban J connectivity index is 2.68. The Morgan fingerprint density at radius 1 is 1.18 bits per heavy atom. The molecule has 0 heterocycles. The van der Waals surface area contributed by atoms with Crippen LogP contribution in [0.1, 0.15) is 24.4 Å². The van der Waals surface area contributed by atoms with Crippen LogP contribution < -0.4 is 5.73 Å². The molecule has 1 aromatic carbocycles. The number of halogens is 3. The lowest BCUT2D eigenvalue weighted by atomic mass is 9.93. The summed E-state index contributed by atoms with van der Waals surface area (Å²) in [6.07, 6.45) is -4.81. The molecule has 0 fully saturated rings. The van der Waals surface area contributed by atoms with Gasteiger partial charge in [-0.2, -0.15) is 13.2 Å². The van der Waals surface area contributed by atoms with E-state index in [1.54, 1.807) is 30.3 Å². The van der Waals surface area contributed by atoms with Gasteiger partial charge in [0.15, 0.2) is 0 Å². The van der Waals surface area contributed by atoms with E-state index in [1.807, 2.05) is 0 Å². The SMILES string of the molecule is N[C@@H](C[C@H](CCO)C(F)(F)F)c1ccccc1. The van der Waals surface area contributed by atoms with Crippen molar-refractivity contribution in [2.75, 3.05) is 6.61 Å². The van der Waals surface area contributed by atoms with E-state index >= 15 is 0 Å². The zero-order valence-corrected chi connectivity index (χ0v) is 9.32. The Kier molecular flexibility index (Phi) is 4.96. The molecule has 0 bridgehead atoms. The molecule has 2 nitrogen and oxygen atoms in total. The van der Waals surface area contributed by atoms with Crippen molar-refractivity contribution in [1.29, 1.82) is 0 Å². The normalized spacial score (nSPS) is 15.6. The lowest BCUT2D eigenvalue weighted by Crippen LogP contribution is -2.28. The maximum atomic E-state index is 12.6. The molecule has 0 spiro atoms. The van der Waals surface area contributed by atoms with Crippen LogP contribution in [0.5, 0.6) is 0 Å². The second-order valence-corrected chi connectivity index (χ2v) is 4.00. The molecular formula is C12H16F3NO. The quantitative estimate of drug-likeness (QED) is 0.840. The summed E-state index contributed by atoms with van der Waals surface area (Å²) in [6, 6.07) is 8.02. The fourth-order valence-electron chi connectivity index (χ4n) is 1.71. The van der Waals surface area contributed by atoms with E-state index in [0.717, 1.165) is 0 Å². The summed E-state index contributed by atoms with van der Waals surface area (Å²) in [7, 11) is 0. The largest absolute Gasteiger partial charge is 0.396 e. The lowest BCUT2D eigenvalue weighted by Gasteiger charge is -2.23. The highest BCUT2D eigenvalue weighted by atomic mass is 19.4. The van der Waals surface area contributed by atoms with Crippen LogP contribution in [0.15, 0.2) is 30.3 Å². The number of alkyl halides is 3. The van der Waals surface area contributed by atoms with E-state index in [4.69, 9.17) is 10.8 Å². The van der Waals surface area contributed by atoms with Crippen LogP contribution in [0.2, 0.25) is 0 Å². The third-order valence-electron chi connectivity index (χ3n) is 2.71. The number of aliphatic hydroxyl groups excluding tert-OH is 1. The van der Waals surface area contributed by atoms with Crippen molar-refractivity contribution in [2.24, 2.45) is 11.7 Å². The van der Waals surface area contributed by atoms with Crippen LogP contribution in [0.25, 0.3) is 0 Å². The molecule has 1 rings (SSSR count). The first-order valence-corrected chi connectivity index (χ1v) is 5.43. The summed E-state index contributed by atoms with van der Waals surface area (Å²) in [4.78, 5) is 0. The van der Waals surface area contributed by atoms with Crippen molar-refractivity contribution >= 4 is 0 Å². The minimum Gasteiger partial charge on any atom is -0.396 e. The molecule has 0 saturated heterocycles. The average Bonchev–Trinajstić information content (AvgIpc) is 2.28. The van der Waals surface area contributed by atoms with Gasteiger partial charge in [-0.15, -0.1) is 0 Å². The summed E-state index contributed by atoms with van der Waals surface area (Å²) in [6.45, 7) is -0.480. The first-order valence-electron chi connectivity index (χ1n) is 5.43. The third-order valence-corrected chi connectivity index (χ3v) is 2.71. The fraction of sp³-hybridized carbons (Fsp3) is 0.500. The minimum atomic E-state index is -4.31. The van der Waals surface area contributed by atoms with Gasteiger partial charge in [0.05, 0.1) is 5.92 Å². The van der Waals surface area contributed by atoms with E-state index in [9.17, 15) is 13.2 Å². The van der Waals surface area contributed by atoms with E-state index in [0.29, 0.717) is 5.56 Å². The molecule has 0 amide bonds. The molecule has 17 heavy (non-hydrogen) atoms. The standard InChI is InChI=1S/C12H16F3NO/c13-12(14,15)10(6-7-17)8-11(16)9-4-2-1-3-5-9/h1-5,10-11,17H,6-8,16H2/t10-,11-/m0/s1. The molecule has 96 valence electrons. The smallest absolute Gasteiger partial charge is 0.391 e. The number of rotatable bonds is 5. The molecule has 0 aliphatic rings. The lowest BCUT2D eigenvalue weighted by molar-refractivity contribution is -0.181. The van der Waals surface area contributed by atoms with Gasteiger partial charge in [-0.05, 0) is 18.4 Å². The van der Waals surface area contributed by atoms with Gasteiger partial charge in [-0.1, -0.05) is 30.3 Å².